The fourth-order valence-corrected chi connectivity index (χ4v) is 2.82. The molecule has 1 aliphatic rings. The van der Waals surface area contributed by atoms with Gasteiger partial charge in [-0.15, -0.1) is 0 Å². The van der Waals surface area contributed by atoms with Crippen LogP contribution in [0.4, 0.5) is 5.69 Å². The molecule has 0 atom stereocenters. The van der Waals surface area contributed by atoms with Gasteiger partial charge >= 0.3 is 0 Å². The predicted molar refractivity (Wildman–Crippen MR) is 83.1 cm³/mol. The van der Waals surface area contributed by atoms with Crippen LogP contribution in [0, 0.1) is 13.8 Å². The fraction of sp³-hybridized carbons (Fsp3) is 0.625. The second-order valence-corrected chi connectivity index (χ2v) is 5.66. The number of piperazine rings is 1. The Morgan fingerprint density at radius 1 is 1.21 bits per heavy atom. The number of nitrogens with one attached hydrogen (secondary N) is 1. The summed E-state index contributed by atoms with van der Waals surface area (Å²) in [4.78, 5) is 4.95. The molecule has 106 valence electrons. The van der Waals surface area contributed by atoms with Crippen LogP contribution in [-0.4, -0.2) is 51.2 Å². The normalized spacial score (nSPS) is 16.6. The summed E-state index contributed by atoms with van der Waals surface area (Å²) in [6.45, 7) is 11.4. The van der Waals surface area contributed by atoms with Gasteiger partial charge in [0.05, 0.1) is 0 Å². The molecule has 0 aromatic heterocycles. The summed E-state index contributed by atoms with van der Waals surface area (Å²) in [6.07, 6.45) is 1.24. The van der Waals surface area contributed by atoms with E-state index in [2.05, 4.69) is 54.2 Å². The number of benzene rings is 1. The van der Waals surface area contributed by atoms with Crippen molar-refractivity contribution >= 4 is 5.69 Å². The summed E-state index contributed by atoms with van der Waals surface area (Å²) in [5.74, 6) is 0. The Labute approximate surface area is 117 Å². The summed E-state index contributed by atoms with van der Waals surface area (Å²) >= 11 is 0. The fourth-order valence-electron chi connectivity index (χ4n) is 2.82. The molecule has 1 heterocycles. The highest BCUT2D eigenvalue weighted by Gasteiger charge is 2.10. The second kappa shape index (κ2) is 6.92. The molecule has 2 rings (SSSR count). The van der Waals surface area contributed by atoms with E-state index in [9.17, 15) is 0 Å². The van der Waals surface area contributed by atoms with E-state index < -0.39 is 0 Å². The minimum Gasteiger partial charge on any atom is -0.374 e. The molecule has 19 heavy (non-hydrogen) atoms. The van der Waals surface area contributed by atoms with Gasteiger partial charge in [0.15, 0.2) is 0 Å². The quantitative estimate of drug-likeness (QED) is 0.875. The number of nitrogens with zero attached hydrogens (tertiary/aromatic N) is 2. The maximum Gasteiger partial charge on any atom is 0.0393 e. The highest BCUT2D eigenvalue weighted by Crippen LogP contribution is 2.19. The lowest BCUT2D eigenvalue weighted by Gasteiger charge is -2.28. The molecule has 0 spiro atoms. The molecule has 1 N–H and O–H groups in total. The molecule has 3 heteroatoms. The van der Waals surface area contributed by atoms with Crippen LogP contribution < -0.4 is 10.2 Å². The first-order valence-electron chi connectivity index (χ1n) is 7.38. The number of anilines is 1. The third-order valence-electron chi connectivity index (χ3n) is 3.94. The van der Waals surface area contributed by atoms with Gasteiger partial charge in [-0.05, 0) is 38.4 Å². The number of hydrogen-bond donors (Lipinski definition) is 1. The van der Waals surface area contributed by atoms with Crippen molar-refractivity contribution in [2.45, 2.75) is 20.3 Å². The summed E-state index contributed by atoms with van der Waals surface area (Å²) in [6, 6.07) is 6.72. The van der Waals surface area contributed by atoms with Crippen molar-refractivity contribution in [2.24, 2.45) is 0 Å². The minimum atomic E-state index is 1.13. The van der Waals surface area contributed by atoms with Gasteiger partial charge in [0.2, 0.25) is 0 Å². The van der Waals surface area contributed by atoms with Gasteiger partial charge in [0, 0.05) is 45.5 Å². The van der Waals surface area contributed by atoms with Crippen LogP contribution >= 0.6 is 0 Å². The molecule has 1 saturated heterocycles. The zero-order valence-corrected chi connectivity index (χ0v) is 12.6. The standard InChI is InChI=1S/C16H27N3/c1-14-5-6-16(15(2)13-14)18(3)9-4-10-19-11-7-17-8-12-19/h5-6,13,17H,4,7-12H2,1-3H3. The Morgan fingerprint density at radius 2 is 1.95 bits per heavy atom. The SMILES string of the molecule is Cc1ccc(N(C)CCCN2CCNCC2)c(C)c1. The van der Waals surface area contributed by atoms with E-state index in [4.69, 9.17) is 0 Å². The van der Waals surface area contributed by atoms with E-state index >= 15 is 0 Å². The maximum absolute atomic E-state index is 3.40. The molecule has 0 radical (unpaired) electrons. The van der Waals surface area contributed by atoms with Gasteiger partial charge in [-0.25, -0.2) is 0 Å². The lowest BCUT2D eigenvalue weighted by molar-refractivity contribution is 0.239. The van der Waals surface area contributed by atoms with Crippen LogP contribution in [0.25, 0.3) is 0 Å². The maximum atomic E-state index is 3.40. The molecule has 0 bridgehead atoms. The number of aryl methyl sites for hydroxylation is 2. The van der Waals surface area contributed by atoms with Crippen LogP contribution in [0.15, 0.2) is 18.2 Å². The van der Waals surface area contributed by atoms with Gasteiger partial charge in [-0.3, -0.25) is 0 Å². The summed E-state index contributed by atoms with van der Waals surface area (Å²) < 4.78 is 0. The zero-order valence-electron chi connectivity index (χ0n) is 12.6. The van der Waals surface area contributed by atoms with Gasteiger partial charge < -0.3 is 15.1 Å². The van der Waals surface area contributed by atoms with Crippen LogP contribution in [0.2, 0.25) is 0 Å². The van der Waals surface area contributed by atoms with Gasteiger partial charge in [-0.2, -0.15) is 0 Å². The Bertz CT molecular complexity index is 397. The third kappa shape index (κ3) is 4.22. The molecule has 3 nitrogen and oxygen atoms in total. The summed E-state index contributed by atoms with van der Waals surface area (Å²) in [5, 5.41) is 3.40. The lowest BCUT2D eigenvalue weighted by Crippen LogP contribution is -2.44. The highest BCUT2D eigenvalue weighted by molar-refractivity contribution is 5.53. The van der Waals surface area contributed by atoms with Crippen molar-refractivity contribution in [2.75, 3.05) is 51.2 Å². The predicted octanol–water partition coefficient (Wildman–Crippen LogP) is 2.03. The molecule has 0 saturated carbocycles. The van der Waals surface area contributed by atoms with Crippen molar-refractivity contribution in [1.29, 1.82) is 0 Å². The first-order chi connectivity index (χ1) is 9.16. The first kappa shape index (κ1) is 14.4. The highest BCUT2D eigenvalue weighted by atomic mass is 15.2. The van der Waals surface area contributed by atoms with Crippen molar-refractivity contribution < 1.29 is 0 Å². The van der Waals surface area contributed by atoms with Gasteiger partial charge in [-0.1, -0.05) is 17.7 Å². The molecular formula is C16H27N3. The van der Waals surface area contributed by atoms with Crippen LogP contribution in [0.3, 0.4) is 0 Å². The van der Waals surface area contributed by atoms with Crippen LogP contribution in [0.5, 0.6) is 0 Å². The molecule has 1 aromatic carbocycles. The Hall–Kier alpha value is -1.06. The molecule has 1 aromatic rings. The Kier molecular flexibility index (Phi) is 5.23. The average Bonchev–Trinajstić information content (AvgIpc) is 2.39. The van der Waals surface area contributed by atoms with E-state index in [1.807, 2.05) is 0 Å². The topological polar surface area (TPSA) is 18.5 Å². The summed E-state index contributed by atoms with van der Waals surface area (Å²) in [7, 11) is 2.20. The van der Waals surface area contributed by atoms with Crippen LogP contribution in [0.1, 0.15) is 17.5 Å². The van der Waals surface area contributed by atoms with E-state index in [0.29, 0.717) is 0 Å². The smallest absolute Gasteiger partial charge is 0.0393 e. The minimum absolute atomic E-state index is 1.13. The van der Waals surface area contributed by atoms with Crippen LogP contribution in [-0.2, 0) is 0 Å². The Balaban J connectivity index is 1.78. The molecule has 1 aliphatic heterocycles. The molecule has 0 unspecified atom stereocenters. The summed E-state index contributed by atoms with van der Waals surface area (Å²) in [5.41, 5.74) is 4.09. The lowest BCUT2D eigenvalue weighted by atomic mass is 10.1. The van der Waals surface area contributed by atoms with Gasteiger partial charge in [0.1, 0.15) is 0 Å². The number of hydrogen-bond acceptors (Lipinski definition) is 3. The van der Waals surface area contributed by atoms with Crippen molar-refractivity contribution in [3.63, 3.8) is 0 Å². The Morgan fingerprint density at radius 3 is 2.63 bits per heavy atom. The van der Waals surface area contributed by atoms with Crippen molar-refractivity contribution in [3.8, 4) is 0 Å². The van der Waals surface area contributed by atoms with E-state index in [1.54, 1.807) is 0 Å². The van der Waals surface area contributed by atoms with E-state index in [0.717, 1.165) is 19.6 Å². The zero-order chi connectivity index (χ0) is 13.7. The second-order valence-electron chi connectivity index (χ2n) is 5.66. The van der Waals surface area contributed by atoms with E-state index in [1.165, 1.54) is 42.9 Å². The molecule has 1 fully saturated rings. The monoisotopic (exact) mass is 261 g/mol. The van der Waals surface area contributed by atoms with Gasteiger partial charge in [0.25, 0.3) is 0 Å². The van der Waals surface area contributed by atoms with Crippen molar-refractivity contribution in [3.05, 3.63) is 29.3 Å². The average molecular weight is 261 g/mol. The molecular weight excluding hydrogens is 234 g/mol. The molecule has 0 aliphatic carbocycles. The number of rotatable bonds is 5. The third-order valence-corrected chi connectivity index (χ3v) is 3.94. The largest absolute Gasteiger partial charge is 0.374 e. The first-order valence-corrected chi connectivity index (χ1v) is 7.38. The molecule has 0 amide bonds. The van der Waals surface area contributed by atoms with E-state index in [-0.39, 0.29) is 0 Å². The van der Waals surface area contributed by atoms with Crippen molar-refractivity contribution in [1.82, 2.24) is 10.2 Å².